The van der Waals surface area contributed by atoms with E-state index in [9.17, 15) is 0 Å². The van der Waals surface area contributed by atoms with E-state index < -0.39 is 0 Å². The summed E-state index contributed by atoms with van der Waals surface area (Å²) in [5.41, 5.74) is 15.5. The average molecular weight is 827 g/mol. The molecule has 3 nitrogen and oxygen atoms in total. The molecule has 0 saturated heterocycles. The Morgan fingerprint density at radius 2 is 0.615 bits per heavy atom. The Morgan fingerprint density at radius 3 is 1.02 bits per heavy atom. The van der Waals surface area contributed by atoms with Crippen LogP contribution in [0.2, 0.25) is 0 Å². The Bertz CT molecular complexity index is 3810. The number of hydrogen-bond acceptors (Lipinski definition) is 3. The molecule has 0 saturated carbocycles. The Labute approximate surface area is 375 Å². The third kappa shape index (κ3) is 5.90. The number of aromatic nitrogens is 2. The lowest BCUT2D eigenvalue weighted by molar-refractivity contribution is 0.669. The molecule has 13 aromatic rings. The first-order valence-corrected chi connectivity index (χ1v) is 22.1. The summed E-state index contributed by atoms with van der Waals surface area (Å²) in [5, 5.41) is 11.8. The lowest BCUT2D eigenvalue weighted by Crippen LogP contribution is -1.93. The summed E-state index contributed by atoms with van der Waals surface area (Å²) in [4.78, 5) is 9.01. The molecular weight excluding hydrogens is 789 g/mol. The number of furan rings is 1. The summed E-state index contributed by atoms with van der Waals surface area (Å²) in [6, 6.07) is 74.7. The second kappa shape index (κ2) is 15.0. The molecule has 0 radical (unpaired) electrons. The maximum atomic E-state index is 6.91. The zero-order valence-electron chi connectivity index (χ0n) is 35.2. The lowest BCUT2D eigenvalue weighted by atomic mass is 9.82. The van der Waals surface area contributed by atoms with Gasteiger partial charge in [-0.15, -0.1) is 0 Å². The molecule has 0 bridgehead atoms. The monoisotopic (exact) mass is 826 g/mol. The van der Waals surface area contributed by atoms with E-state index in [1.165, 1.54) is 70.9 Å². The molecule has 13 rings (SSSR count). The fourth-order valence-corrected chi connectivity index (χ4v) is 10.5. The van der Waals surface area contributed by atoms with Crippen molar-refractivity contribution in [1.82, 2.24) is 9.97 Å². The number of nitrogens with zero attached hydrogens (tertiary/aromatic N) is 2. The van der Waals surface area contributed by atoms with Gasteiger partial charge in [-0.05, 0) is 141 Å². The molecule has 0 aliphatic carbocycles. The van der Waals surface area contributed by atoms with Crippen LogP contribution in [0.5, 0.6) is 0 Å². The van der Waals surface area contributed by atoms with Crippen molar-refractivity contribution in [3.05, 3.63) is 231 Å². The van der Waals surface area contributed by atoms with Gasteiger partial charge in [0.1, 0.15) is 11.2 Å². The van der Waals surface area contributed by atoms with Gasteiger partial charge in [0.25, 0.3) is 0 Å². The van der Waals surface area contributed by atoms with Crippen molar-refractivity contribution in [2.24, 2.45) is 0 Å². The maximum Gasteiger partial charge on any atom is 0.136 e. The second-order valence-corrected chi connectivity index (χ2v) is 16.8. The van der Waals surface area contributed by atoms with Crippen molar-refractivity contribution in [3.63, 3.8) is 0 Å². The summed E-state index contributed by atoms with van der Waals surface area (Å²) in [6.45, 7) is 0. The summed E-state index contributed by atoms with van der Waals surface area (Å²) >= 11 is 0. The van der Waals surface area contributed by atoms with Crippen molar-refractivity contribution in [2.45, 2.75) is 0 Å². The van der Waals surface area contributed by atoms with Crippen LogP contribution in [0.1, 0.15) is 0 Å². The molecule has 0 fully saturated rings. The van der Waals surface area contributed by atoms with Gasteiger partial charge in [0, 0.05) is 46.7 Å². The second-order valence-electron chi connectivity index (χ2n) is 16.8. The van der Waals surface area contributed by atoms with Gasteiger partial charge in [0.15, 0.2) is 0 Å². The molecule has 0 aliphatic heterocycles. The minimum absolute atomic E-state index is 0.863. The molecule has 0 unspecified atom stereocenters. The Balaban J connectivity index is 1.12. The van der Waals surface area contributed by atoms with E-state index in [4.69, 9.17) is 4.42 Å². The molecular formula is C62H38N2O. The van der Waals surface area contributed by atoms with E-state index in [1.54, 1.807) is 0 Å². The smallest absolute Gasteiger partial charge is 0.136 e. The normalized spacial score (nSPS) is 11.7. The number of benzene rings is 10. The van der Waals surface area contributed by atoms with Crippen LogP contribution in [0.25, 0.3) is 132 Å². The van der Waals surface area contributed by atoms with Crippen LogP contribution in [-0.2, 0) is 0 Å². The van der Waals surface area contributed by atoms with Gasteiger partial charge < -0.3 is 4.42 Å². The van der Waals surface area contributed by atoms with Crippen LogP contribution in [0.4, 0.5) is 0 Å². The standard InChI is InChI=1S/C62H38N2O/c1-2-16-39(17-3-1)57-45-20-4-8-24-49(45)59(50-25-9-5-21-46(50)57)53-28-12-30-55-61(53)62-54(29-13-31-56(62)65-55)60-51-26-10-6-22-47(51)58(48-23-7-11-27-52(48)60)44-35-42(40-18-14-32-63-37-40)34-43(36-44)41-19-15-33-64-38-41/h1-38H. The molecule has 10 aromatic carbocycles. The molecule has 0 amide bonds. The van der Waals surface area contributed by atoms with Gasteiger partial charge in [-0.25, -0.2) is 0 Å². The van der Waals surface area contributed by atoms with Crippen LogP contribution in [-0.4, -0.2) is 9.97 Å². The molecule has 65 heavy (non-hydrogen) atoms. The van der Waals surface area contributed by atoms with E-state index in [0.29, 0.717) is 0 Å². The van der Waals surface area contributed by atoms with E-state index in [1.807, 2.05) is 36.9 Å². The van der Waals surface area contributed by atoms with Gasteiger partial charge in [0.2, 0.25) is 0 Å². The van der Waals surface area contributed by atoms with Crippen LogP contribution < -0.4 is 0 Å². The molecule has 0 spiro atoms. The first-order chi connectivity index (χ1) is 32.3. The number of rotatable bonds is 6. The number of pyridine rings is 2. The topological polar surface area (TPSA) is 38.9 Å². The highest BCUT2D eigenvalue weighted by Crippen LogP contribution is 2.51. The van der Waals surface area contributed by atoms with Crippen molar-refractivity contribution >= 4 is 65.0 Å². The van der Waals surface area contributed by atoms with Crippen molar-refractivity contribution in [1.29, 1.82) is 0 Å². The fourth-order valence-electron chi connectivity index (χ4n) is 10.5. The van der Waals surface area contributed by atoms with Crippen LogP contribution in [0.15, 0.2) is 235 Å². The molecule has 3 heterocycles. The predicted molar refractivity (Wildman–Crippen MR) is 272 cm³/mol. The zero-order valence-corrected chi connectivity index (χ0v) is 35.2. The molecule has 3 aromatic heterocycles. The Morgan fingerprint density at radius 1 is 0.262 bits per heavy atom. The van der Waals surface area contributed by atoms with Crippen molar-refractivity contribution < 1.29 is 4.42 Å². The lowest BCUT2D eigenvalue weighted by Gasteiger charge is -2.20. The van der Waals surface area contributed by atoms with Crippen LogP contribution >= 0.6 is 0 Å². The average Bonchev–Trinajstić information content (AvgIpc) is 3.78. The third-order valence-corrected chi connectivity index (χ3v) is 13.2. The van der Waals surface area contributed by atoms with Crippen LogP contribution in [0, 0.1) is 0 Å². The van der Waals surface area contributed by atoms with E-state index in [0.717, 1.165) is 60.9 Å². The van der Waals surface area contributed by atoms with Gasteiger partial charge in [-0.1, -0.05) is 164 Å². The highest BCUT2D eigenvalue weighted by molar-refractivity contribution is 6.30. The number of hydrogen-bond donors (Lipinski definition) is 0. The summed E-state index contributed by atoms with van der Waals surface area (Å²) in [5.74, 6) is 0. The van der Waals surface area contributed by atoms with E-state index >= 15 is 0 Å². The predicted octanol–water partition coefficient (Wildman–Crippen LogP) is 17.0. The molecule has 3 heteroatoms. The molecule has 0 N–H and O–H groups in total. The van der Waals surface area contributed by atoms with Crippen molar-refractivity contribution in [3.8, 4) is 66.8 Å². The molecule has 0 atom stereocenters. The Hall–Kier alpha value is -8.66. The fraction of sp³-hybridized carbons (Fsp3) is 0. The minimum Gasteiger partial charge on any atom is -0.456 e. The van der Waals surface area contributed by atoms with E-state index in [-0.39, 0.29) is 0 Å². The largest absolute Gasteiger partial charge is 0.456 e. The minimum atomic E-state index is 0.863. The quantitative estimate of drug-likeness (QED) is 0.157. The van der Waals surface area contributed by atoms with E-state index in [2.05, 4.69) is 204 Å². The summed E-state index contributed by atoms with van der Waals surface area (Å²) in [7, 11) is 0. The third-order valence-electron chi connectivity index (χ3n) is 13.2. The van der Waals surface area contributed by atoms with Crippen molar-refractivity contribution in [2.75, 3.05) is 0 Å². The number of fused-ring (bicyclic) bond motifs is 7. The van der Waals surface area contributed by atoms with Gasteiger partial charge >= 0.3 is 0 Å². The summed E-state index contributed by atoms with van der Waals surface area (Å²) < 4.78 is 6.91. The highest BCUT2D eigenvalue weighted by Gasteiger charge is 2.24. The highest BCUT2D eigenvalue weighted by atomic mass is 16.3. The summed E-state index contributed by atoms with van der Waals surface area (Å²) in [6.07, 6.45) is 7.54. The SMILES string of the molecule is c1ccc(-c2c3ccccc3c(-c3cccc4oc5cccc(-c6c7ccccc7c(-c7cc(-c8cccnc8)cc(-c8cccnc8)c7)c7ccccc67)c5c34)c3ccccc23)cc1. The molecule has 302 valence electrons. The molecule has 0 aliphatic rings. The van der Waals surface area contributed by atoms with Gasteiger partial charge in [-0.2, -0.15) is 0 Å². The van der Waals surface area contributed by atoms with Gasteiger partial charge in [0.05, 0.1) is 0 Å². The first kappa shape index (κ1) is 36.9. The Kier molecular flexibility index (Phi) is 8.53. The van der Waals surface area contributed by atoms with Gasteiger partial charge in [-0.3, -0.25) is 9.97 Å². The zero-order chi connectivity index (χ0) is 42.8. The first-order valence-electron chi connectivity index (χ1n) is 22.1. The van der Waals surface area contributed by atoms with Crippen LogP contribution in [0.3, 0.4) is 0 Å². The maximum absolute atomic E-state index is 6.91.